The van der Waals surface area contributed by atoms with Gasteiger partial charge in [-0.1, -0.05) is 0 Å². The van der Waals surface area contributed by atoms with E-state index in [0.29, 0.717) is 11.9 Å². The van der Waals surface area contributed by atoms with Gasteiger partial charge in [0.25, 0.3) is 0 Å². The predicted molar refractivity (Wildman–Crippen MR) is 97.9 cm³/mol. The fraction of sp³-hybridized carbons (Fsp3) is 0.474. The van der Waals surface area contributed by atoms with Crippen LogP contribution in [-0.4, -0.2) is 37.8 Å². The van der Waals surface area contributed by atoms with Gasteiger partial charge in [-0.15, -0.1) is 0 Å². The molecule has 2 heterocycles. The van der Waals surface area contributed by atoms with Crippen molar-refractivity contribution in [3.05, 3.63) is 35.0 Å². The molecule has 0 radical (unpaired) electrons. The maximum atomic E-state index is 5.46. The minimum Gasteiger partial charge on any atom is -0.493 e. The largest absolute Gasteiger partial charge is 0.493 e. The highest BCUT2D eigenvalue weighted by molar-refractivity contribution is 5.53. The molecule has 0 unspecified atom stereocenters. The first-order valence-corrected chi connectivity index (χ1v) is 8.77. The van der Waals surface area contributed by atoms with Crippen LogP contribution in [0.25, 0.3) is 0 Å². The van der Waals surface area contributed by atoms with E-state index < -0.39 is 0 Å². The first kappa shape index (κ1) is 16.0. The summed E-state index contributed by atoms with van der Waals surface area (Å²) in [5.74, 6) is 3.89. The molecule has 0 atom stereocenters. The number of ether oxygens (including phenoxy) is 2. The molecule has 25 heavy (non-hydrogen) atoms. The van der Waals surface area contributed by atoms with Crippen molar-refractivity contribution in [1.82, 2.24) is 9.97 Å². The first-order valence-electron chi connectivity index (χ1n) is 8.77. The summed E-state index contributed by atoms with van der Waals surface area (Å²) < 4.78 is 10.9. The molecular weight excluding hydrogens is 316 g/mol. The zero-order chi connectivity index (χ0) is 17.4. The number of nitrogens with zero attached hydrogens (tertiary/aromatic N) is 3. The molecule has 4 rings (SSSR count). The number of anilines is 2. The highest BCUT2D eigenvalue weighted by Crippen LogP contribution is 2.41. The monoisotopic (exact) mass is 340 g/mol. The second-order valence-electron chi connectivity index (χ2n) is 6.65. The molecule has 1 N–H and O–H groups in total. The van der Waals surface area contributed by atoms with Crippen molar-refractivity contribution in [3.63, 3.8) is 0 Å². The molecule has 132 valence electrons. The van der Waals surface area contributed by atoms with Gasteiger partial charge in [-0.3, -0.25) is 0 Å². The molecule has 2 aromatic rings. The van der Waals surface area contributed by atoms with Crippen molar-refractivity contribution in [2.45, 2.75) is 31.7 Å². The van der Waals surface area contributed by atoms with E-state index in [1.807, 2.05) is 7.05 Å². The minimum atomic E-state index is 0.607. The smallest absolute Gasteiger partial charge is 0.224 e. The Balaban J connectivity index is 1.65. The zero-order valence-corrected chi connectivity index (χ0v) is 15.0. The Morgan fingerprint density at radius 3 is 2.40 bits per heavy atom. The maximum Gasteiger partial charge on any atom is 0.224 e. The van der Waals surface area contributed by atoms with Crippen molar-refractivity contribution in [3.8, 4) is 11.5 Å². The number of rotatable bonds is 5. The van der Waals surface area contributed by atoms with E-state index in [1.54, 1.807) is 14.2 Å². The molecule has 6 nitrogen and oxygen atoms in total. The fourth-order valence-electron chi connectivity index (χ4n) is 3.39. The number of aromatic nitrogens is 2. The normalized spacial score (nSPS) is 16.4. The van der Waals surface area contributed by atoms with Crippen LogP contribution < -0.4 is 19.7 Å². The third kappa shape index (κ3) is 3.08. The molecule has 1 saturated carbocycles. The van der Waals surface area contributed by atoms with Gasteiger partial charge in [0.05, 0.1) is 19.9 Å². The minimum absolute atomic E-state index is 0.607. The number of methoxy groups -OCH3 is 2. The summed E-state index contributed by atoms with van der Waals surface area (Å²) in [7, 11) is 5.23. The van der Waals surface area contributed by atoms with Gasteiger partial charge in [-0.05, 0) is 42.5 Å². The third-order valence-electron chi connectivity index (χ3n) is 4.99. The molecule has 1 fully saturated rings. The van der Waals surface area contributed by atoms with Gasteiger partial charge in [-0.2, -0.15) is 4.98 Å². The summed E-state index contributed by atoms with van der Waals surface area (Å²) in [5, 5.41) is 3.10. The molecule has 0 bridgehead atoms. The van der Waals surface area contributed by atoms with Crippen LogP contribution in [0.4, 0.5) is 11.8 Å². The maximum absolute atomic E-state index is 5.46. The number of benzene rings is 1. The number of nitrogens with one attached hydrogen (secondary N) is 1. The second-order valence-corrected chi connectivity index (χ2v) is 6.65. The lowest BCUT2D eigenvalue weighted by molar-refractivity contribution is 0.353. The number of hydrogen-bond acceptors (Lipinski definition) is 6. The molecule has 1 aromatic heterocycles. The average Bonchev–Trinajstić information content (AvgIpc) is 3.51. The van der Waals surface area contributed by atoms with Gasteiger partial charge in [0.15, 0.2) is 11.5 Å². The molecular formula is C19H24N4O2. The van der Waals surface area contributed by atoms with Crippen molar-refractivity contribution < 1.29 is 9.47 Å². The molecule has 6 heteroatoms. The van der Waals surface area contributed by atoms with E-state index in [4.69, 9.17) is 9.47 Å². The van der Waals surface area contributed by atoms with Crippen LogP contribution in [0.1, 0.15) is 35.6 Å². The van der Waals surface area contributed by atoms with Gasteiger partial charge < -0.3 is 19.7 Å². The second kappa shape index (κ2) is 6.43. The van der Waals surface area contributed by atoms with Crippen LogP contribution in [0.5, 0.6) is 11.5 Å². The average molecular weight is 340 g/mol. The Bertz CT molecular complexity index is 789. The number of hydrogen-bond donors (Lipinski definition) is 1. The van der Waals surface area contributed by atoms with Crippen molar-refractivity contribution in [2.24, 2.45) is 0 Å². The van der Waals surface area contributed by atoms with Crippen LogP contribution in [-0.2, 0) is 13.0 Å². The molecule has 0 saturated heterocycles. The Hall–Kier alpha value is -2.50. The van der Waals surface area contributed by atoms with Gasteiger partial charge >= 0.3 is 0 Å². The topological polar surface area (TPSA) is 59.5 Å². The van der Waals surface area contributed by atoms with Crippen LogP contribution in [0.2, 0.25) is 0 Å². The zero-order valence-electron chi connectivity index (χ0n) is 15.0. The van der Waals surface area contributed by atoms with E-state index in [2.05, 4.69) is 38.4 Å². The first-order chi connectivity index (χ1) is 12.2. The highest BCUT2D eigenvalue weighted by Gasteiger charge is 2.28. The summed E-state index contributed by atoms with van der Waals surface area (Å²) in [4.78, 5) is 11.6. The highest BCUT2D eigenvalue weighted by atomic mass is 16.5. The molecule has 0 amide bonds. The van der Waals surface area contributed by atoms with Crippen molar-refractivity contribution in [1.29, 1.82) is 0 Å². The lowest BCUT2D eigenvalue weighted by Crippen LogP contribution is -2.31. The quantitative estimate of drug-likeness (QED) is 0.903. The molecule has 1 aliphatic heterocycles. The van der Waals surface area contributed by atoms with Gasteiger partial charge in [0.1, 0.15) is 5.82 Å². The Morgan fingerprint density at radius 2 is 1.76 bits per heavy atom. The Labute approximate surface area is 148 Å². The van der Waals surface area contributed by atoms with E-state index in [1.165, 1.54) is 24.0 Å². The lowest BCUT2D eigenvalue weighted by Gasteiger charge is -2.31. The Morgan fingerprint density at radius 1 is 1.04 bits per heavy atom. The molecule has 1 aromatic carbocycles. The van der Waals surface area contributed by atoms with Gasteiger partial charge in [0.2, 0.25) is 5.95 Å². The lowest BCUT2D eigenvalue weighted by atomic mass is 9.98. The third-order valence-corrected chi connectivity index (χ3v) is 4.99. The summed E-state index contributed by atoms with van der Waals surface area (Å²) in [5.41, 5.74) is 3.74. The molecule has 2 aliphatic rings. The standard InChI is InChI=1S/C19H24N4O2/c1-20-19-21-15(12-4-5-12)10-18(22-19)23-7-6-13-8-16(24-2)17(25-3)9-14(13)11-23/h8-10,12H,4-7,11H2,1-3H3,(H,20,21,22). The van der Waals surface area contributed by atoms with E-state index in [9.17, 15) is 0 Å². The van der Waals surface area contributed by atoms with E-state index in [0.717, 1.165) is 42.5 Å². The van der Waals surface area contributed by atoms with Crippen LogP contribution in [0.15, 0.2) is 18.2 Å². The van der Waals surface area contributed by atoms with Crippen LogP contribution in [0.3, 0.4) is 0 Å². The van der Waals surface area contributed by atoms with E-state index in [-0.39, 0.29) is 0 Å². The summed E-state index contributed by atoms with van der Waals surface area (Å²) in [6.45, 7) is 1.76. The molecule has 1 aliphatic carbocycles. The summed E-state index contributed by atoms with van der Waals surface area (Å²) >= 11 is 0. The van der Waals surface area contributed by atoms with Gasteiger partial charge in [-0.25, -0.2) is 4.98 Å². The van der Waals surface area contributed by atoms with Crippen LogP contribution in [0, 0.1) is 0 Å². The van der Waals surface area contributed by atoms with Gasteiger partial charge in [0, 0.05) is 32.1 Å². The van der Waals surface area contributed by atoms with E-state index >= 15 is 0 Å². The number of fused-ring (bicyclic) bond motifs is 1. The van der Waals surface area contributed by atoms with Crippen molar-refractivity contribution in [2.75, 3.05) is 38.0 Å². The summed E-state index contributed by atoms with van der Waals surface area (Å²) in [6, 6.07) is 6.34. The predicted octanol–water partition coefficient (Wildman–Crippen LogP) is 2.98. The Kier molecular flexibility index (Phi) is 4.11. The SMILES string of the molecule is CNc1nc(C2CC2)cc(N2CCc3cc(OC)c(OC)cc3C2)n1. The van der Waals surface area contributed by atoms with Crippen molar-refractivity contribution >= 4 is 11.8 Å². The van der Waals surface area contributed by atoms with Crippen LogP contribution >= 0.6 is 0 Å². The molecule has 0 spiro atoms. The summed E-state index contributed by atoms with van der Waals surface area (Å²) in [6.07, 6.45) is 3.44. The fourth-order valence-corrected chi connectivity index (χ4v) is 3.39.